The minimum atomic E-state index is -0.399. The number of aromatic nitrogens is 2. The summed E-state index contributed by atoms with van der Waals surface area (Å²) in [6, 6.07) is 6.44. The van der Waals surface area contributed by atoms with Gasteiger partial charge in [-0.05, 0) is 31.2 Å². The second-order valence-electron chi connectivity index (χ2n) is 4.56. The fourth-order valence-corrected chi connectivity index (χ4v) is 3.08. The molecule has 3 rings (SSSR count). The standard InChI is InChI=1S/C15H12ClN3O3S/c1-2-22-14(21)9-3-5-10(6-4-9)17-13(20)11-12(16)18-15-19(11)7-8-23-15/h3-8H,2H2,1H3,(H,17,20). The van der Waals surface area contributed by atoms with Crippen molar-refractivity contribution in [3.63, 3.8) is 0 Å². The maximum atomic E-state index is 12.4. The van der Waals surface area contributed by atoms with Crippen molar-refractivity contribution >= 4 is 45.5 Å². The third-order valence-corrected chi connectivity index (χ3v) is 4.11. The van der Waals surface area contributed by atoms with E-state index in [1.165, 1.54) is 11.3 Å². The lowest BCUT2D eigenvalue weighted by Crippen LogP contribution is -2.14. The number of benzene rings is 1. The van der Waals surface area contributed by atoms with Crippen LogP contribution in [0.3, 0.4) is 0 Å². The molecule has 1 N–H and O–H groups in total. The molecule has 0 aliphatic heterocycles. The highest BCUT2D eigenvalue weighted by Crippen LogP contribution is 2.22. The first-order valence-corrected chi connectivity index (χ1v) is 8.05. The summed E-state index contributed by atoms with van der Waals surface area (Å²) < 4.78 is 6.54. The molecule has 0 radical (unpaired) electrons. The number of rotatable bonds is 4. The molecule has 0 spiro atoms. The average Bonchev–Trinajstić information content (AvgIpc) is 3.07. The third kappa shape index (κ3) is 3.06. The fraction of sp³-hybridized carbons (Fsp3) is 0.133. The Morgan fingerprint density at radius 2 is 2.09 bits per heavy atom. The van der Waals surface area contributed by atoms with Crippen molar-refractivity contribution < 1.29 is 14.3 Å². The van der Waals surface area contributed by atoms with Crippen LogP contribution in [-0.4, -0.2) is 27.9 Å². The predicted molar refractivity (Wildman–Crippen MR) is 88.4 cm³/mol. The number of carbonyl (C=O) groups excluding carboxylic acids is 2. The van der Waals surface area contributed by atoms with E-state index in [0.29, 0.717) is 22.8 Å². The van der Waals surface area contributed by atoms with E-state index < -0.39 is 5.97 Å². The SMILES string of the molecule is CCOC(=O)c1ccc(NC(=O)c2c(Cl)nc3sccn23)cc1. The Kier molecular flexibility index (Phi) is 4.31. The lowest BCUT2D eigenvalue weighted by atomic mass is 10.2. The van der Waals surface area contributed by atoms with Crippen LogP contribution in [-0.2, 0) is 4.74 Å². The number of amides is 1. The maximum absolute atomic E-state index is 12.4. The minimum absolute atomic E-state index is 0.150. The Bertz CT molecular complexity index is 870. The maximum Gasteiger partial charge on any atom is 0.338 e. The quantitative estimate of drug-likeness (QED) is 0.732. The van der Waals surface area contributed by atoms with Gasteiger partial charge in [0.1, 0.15) is 0 Å². The normalized spacial score (nSPS) is 10.7. The van der Waals surface area contributed by atoms with E-state index in [0.717, 1.165) is 0 Å². The first-order valence-electron chi connectivity index (χ1n) is 6.79. The number of esters is 1. The predicted octanol–water partition coefficient (Wildman–Crippen LogP) is 3.48. The van der Waals surface area contributed by atoms with Crippen LogP contribution in [0.1, 0.15) is 27.8 Å². The Morgan fingerprint density at radius 1 is 1.35 bits per heavy atom. The number of halogens is 1. The first kappa shape index (κ1) is 15.5. The van der Waals surface area contributed by atoms with E-state index in [4.69, 9.17) is 16.3 Å². The van der Waals surface area contributed by atoms with Gasteiger partial charge in [0.2, 0.25) is 0 Å². The molecule has 0 saturated carbocycles. The van der Waals surface area contributed by atoms with E-state index in [9.17, 15) is 9.59 Å². The number of nitrogens with one attached hydrogen (secondary N) is 1. The molecule has 6 nitrogen and oxygen atoms in total. The van der Waals surface area contributed by atoms with Gasteiger partial charge >= 0.3 is 5.97 Å². The highest BCUT2D eigenvalue weighted by atomic mass is 35.5. The van der Waals surface area contributed by atoms with Crippen molar-refractivity contribution in [2.24, 2.45) is 0 Å². The van der Waals surface area contributed by atoms with E-state index in [2.05, 4.69) is 10.3 Å². The van der Waals surface area contributed by atoms with Gasteiger partial charge in [0.15, 0.2) is 15.8 Å². The Labute approximate surface area is 140 Å². The highest BCUT2D eigenvalue weighted by molar-refractivity contribution is 7.15. The molecule has 8 heteroatoms. The van der Waals surface area contributed by atoms with Gasteiger partial charge in [0.05, 0.1) is 12.2 Å². The zero-order chi connectivity index (χ0) is 16.4. The third-order valence-electron chi connectivity index (χ3n) is 3.09. The zero-order valence-electron chi connectivity index (χ0n) is 12.1. The molecule has 0 fully saturated rings. The number of hydrogen-bond donors (Lipinski definition) is 1. The van der Waals surface area contributed by atoms with Crippen LogP contribution in [0.5, 0.6) is 0 Å². The molecule has 0 aliphatic rings. The fourth-order valence-electron chi connectivity index (χ4n) is 2.06. The van der Waals surface area contributed by atoms with Crippen molar-refractivity contribution in [2.75, 3.05) is 11.9 Å². The van der Waals surface area contributed by atoms with Gasteiger partial charge in [0.25, 0.3) is 5.91 Å². The van der Waals surface area contributed by atoms with Gasteiger partial charge in [0, 0.05) is 17.3 Å². The second kappa shape index (κ2) is 6.39. The molecule has 0 atom stereocenters. The minimum Gasteiger partial charge on any atom is -0.462 e. The zero-order valence-corrected chi connectivity index (χ0v) is 13.6. The summed E-state index contributed by atoms with van der Waals surface area (Å²) in [5.41, 5.74) is 1.24. The number of fused-ring (bicyclic) bond motifs is 1. The summed E-state index contributed by atoms with van der Waals surface area (Å²) in [7, 11) is 0. The van der Waals surface area contributed by atoms with Crippen molar-refractivity contribution in [1.82, 2.24) is 9.38 Å². The lowest BCUT2D eigenvalue weighted by molar-refractivity contribution is 0.0526. The highest BCUT2D eigenvalue weighted by Gasteiger charge is 2.19. The Hall–Kier alpha value is -2.38. The summed E-state index contributed by atoms with van der Waals surface area (Å²) in [4.78, 5) is 28.7. The van der Waals surface area contributed by atoms with Crippen LogP contribution >= 0.6 is 22.9 Å². The van der Waals surface area contributed by atoms with Crippen LogP contribution in [0.25, 0.3) is 4.96 Å². The molecule has 3 aromatic rings. The first-order chi connectivity index (χ1) is 11.1. The lowest BCUT2D eigenvalue weighted by Gasteiger charge is -2.06. The molecule has 1 amide bonds. The summed E-state index contributed by atoms with van der Waals surface area (Å²) in [6.07, 6.45) is 1.73. The molecular weight excluding hydrogens is 338 g/mol. The number of ether oxygens (including phenoxy) is 1. The molecule has 0 unspecified atom stereocenters. The van der Waals surface area contributed by atoms with Crippen LogP contribution in [0.2, 0.25) is 5.15 Å². The van der Waals surface area contributed by atoms with Crippen LogP contribution < -0.4 is 5.32 Å². The van der Waals surface area contributed by atoms with Gasteiger partial charge in [-0.1, -0.05) is 11.6 Å². The van der Waals surface area contributed by atoms with E-state index in [-0.39, 0.29) is 16.8 Å². The molecule has 0 aliphatic carbocycles. The topological polar surface area (TPSA) is 72.7 Å². The van der Waals surface area contributed by atoms with Gasteiger partial charge in [-0.25, -0.2) is 9.78 Å². The van der Waals surface area contributed by atoms with Crippen LogP contribution in [0, 0.1) is 0 Å². The molecular formula is C15H12ClN3O3S. The van der Waals surface area contributed by atoms with Gasteiger partial charge in [-0.15, -0.1) is 11.3 Å². The number of hydrogen-bond acceptors (Lipinski definition) is 5. The van der Waals surface area contributed by atoms with Gasteiger partial charge in [-0.3, -0.25) is 9.20 Å². The summed E-state index contributed by atoms with van der Waals surface area (Å²) >= 11 is 7.42. The number of thiazole rings is 1. The molecule has 118 valence electrons. The van der Waals surface area contributed by atoms with Crippen molar-refractivity contribution in [3.8, 4) is 0 Å². The van der Waals surface area contributed by atoms with Crippen molar-refractivity contribution in [1.29, 1.82) is 0 Å². The van der Waals surface area contributed by atoms with E-state index >= 15 is 0 Å². The van der Waals surface area contributed by atoms with E-state index in [1.54, 1.807) is 41.8 Å². The summed E-state index contributed by atoms with van der Waals surface area (Å²) in [5, 5.41) is 4.71. The monoisotopic (exact) mass is 349 g/mol. The Balaban J connectivity index is 1.79. The number of imidazole rings is 1. The second-order valence-corrected chi connectivity index (χ2v) is 5.79. The molecule has 2 aromatic heterocycles. The number of anilines is 1. The van der Waals surface area contributed by atoms with Gasteiger partial charge < -0.3 is 10.1 Å². The van der Waals surface area contributed by atoms with Crippen LogP contribution in [0.15, 0.2) is 35.8 Å². The number of nitrogens with zero attached hydrogens (tertiary/aromatic N) is 2. The average molecular weight is 350 g/mol. The van der Waals surface area contributed by atoms with Crippen LogP contribution in [0.4, 0.5) is 5.69 Å². The van der Waals surface area contributed by atoms with Gasteiger partial charge in [-0.2, -0.15) is 0 Å². The smallest absolute Gasteiger partial charge is 0.338 e. The molecule has 0 bridgehead atoms. The van der Waals surface area contributed by atoms with E-state index in [1.807, 2.05) is 5.38 Å². The molecule has 1 aromatic carbocycles. The summed E-state index contributed by atoms with van der Waals surface area (Å²) in [6.45, 7) is 2.06. The molecule has 2 heterocycles. The number of carbonyl (C=O) groups is 2. The summed E-state index contributed by atoms with van der Waals surface area (Å²) in [5.74, 6) is -0.769. The van der Waals surface area contributed by atoms with Crippen molar-refractivity contribution in [3.05, 3.63) is 52.3 Å². The Morgan fingerprint density at radius 3 is 2.78 bits per heavy atom. The van der Waals surface area contributed by atoms with Crippen molar-refractivity contribution in [2.45, 2.75) is 6.92 Å². The largest absolute Gasteiger partial charge is 0.462 e. The molecule has 0 saturated heterocycles. The molecule has 23 heavy (non-hydrogen) atoms.